The molecule has 2 heterocycles. The molecule has 0 atom stereocenters. The van der Waals surface area contributed by atoms with Gasteiger partial charge >= 0.3 is 0 Å². The molecule has 3 rings (SSSR count). The van der Waals surface area contributed by atoms with Gasteiger partial charge in [0.25, 0.3) is 5.91 Å². The summed E-state index contributed by atoms with van der Waals surface area (Å²) >= 11 is 0. The minimum absolute atomic E-state index is 0.208. The van der Waals surface area contributed by atoms with Crippen molar-refractivity contribution in [2.24, 2.45) is 0 Å². The lowest BCUT2D eigenvalue weighted by atomic mass is 10.2. The molecule has 0 fully saturated rings. The van der Waals surface area contributed by atoms with E-state index in [1.807, 2.05) is 6.07 Å². The second-order valence-electron chi connectivity index (χ2n) is 5.28. The SMILES string of the molecule is Cc1nc(Nc2cc(C)on2)cc(C(=O)Nc2ccc(C#N)cc2)n1. The van der Waals surface area contributed by atoms with Crippen molar-refractivity contribution in [3.63, 3.8) is 0 Å². The van der Waals surface area contributed by atoms with Gasteiger partial charge in [0.2, 0.25) is 0 Å². The highest BCUT2D eigenvalue weighted by molar-refractivity contribution is 6.03. The van der Waals surface area contributed by atoms with Gasteiger partial charge in [-0.1, -0.05) is 5.16 Å². The van der Waals surface area contributed by atoms with Crippen LogP contribution in [-0.4, -0.2) is 21.0 Å². The van der Waals surface area contributed by atoms with Crippen LogP contribution in [0.25, 0.3) is 0 Å². The number of aromatic nitrogens is 3. The number of amides is 1. The average molecular weight is 334 g/mol. The fourth-order valence-corrected chi connectivity index (χ4v) is 2.13. The Morgan fingerprint density at radius 1 is 1.12 bits per heavy atom. The summed E-state index contributed by atoms with van der Waals surface area (Å²) in [5.41, 5.74) is 1.30. The zero-order chi connectivity index (χ0) is 17.8. The maximum atomic E-state index is 12.4. The minimum atomic E-state index is -0.380. The molecule has 2 N–H and O–H groups in total. The molecular weight excluding hydrogens is 320 g/mol. The number of nitrogens with zero attached hydrogens (tertiary/aromatic N) is 4. The van der Waals surface area contributed by atoms with Crippen LogP contribution in [0.4, 0.5) is 17.3 Å². The summed E-state index contributed by atoms with van der Waals surface area (Å²) in [5.74, 6) is 1.65. The molecule has 25 heavy (non-hydrogen) atoms. The molecule has 0 spiro atoms. The number of hydrogen-bond donors (Lipinski definition) is 2. The summed E-state index contributed by atoms with van der Waals surface area (Å²) in [6.45, 7) is 3.47. The summed E-state index contributed by atoms with van der Waals surface area (Å²) in [4.78, 5) is 20.8. The summed E-state index contributed by atoms with van der Waals surface area (Å²) in [6, 6.07) is 11.8. The lowest BCUT2D eigenvalue weighted by Crippen LogP contribution is -2.15. The number of carbonyl (C=O) groups is 1. The van der Waals surface area contributed by atoms with Crippen molar-refractivity contribution < 1.29 is 9.32 Å². The Labute approximate surface area is 143 Å². The van der Waals surface area contributed by atoms with Crippen LogP contribution in [0.2, 0.25) is 0 Å². The highest BCUT2D eigenvalue weighted by Crippen LogP contribution is 2.16. The first-order chi connectivity index (χ1) is 12.0. The van der Waals surface area contributed by atoms with E-state index < -0.39 is 0 Å². The number of rotatable bonds is 4. The first kappa shape index (κ1) is 16.1. The maximum absolute atomic E-state index is 12.4. The molecule has 0 saturated heterocycles. The van der Waals surface area contributed by atoms with Gasteiger partial charge in [-0.05, 0) is 38.1 Å². The third-order valence-corrected chi connectivity index (χ3v) is 3.23. The molecule has 0 aliphatic heterocycles. The van der Waals surface area contributed by atoms with Crippen LogP contribution >= 0.6 is 0 Å². The van der Waals surface area contributed by atoms with E-state index in [4.69, 9.17) is 9.78 Å². The molecule has 1 aromatic carbocycles. The zero-order valence-electron chi connectivity index (χ0n) is 13.6. The third kappa shape index (κ3) is 3.97. The topological polar surface area (TPSA) is 117 Å². The first-order valence-corrected chi connectivity index (χ1v) is 7.41. The summed E-state index contributed by atoms with van der Waals surface area (Å²) in [5, 5.41) is 18.3. The molecule has 0 saturated carbocycles. The highest BCUT2D eigenvalue weighted by Gasteiger charge is 2.12. The van der Waals surface area contributed by atoms with Gasteiger partial charge < -0.3 is 15.2 Å². The number of benzene rings is 1. The van der Waals surface area contributed by atoms with Gasteiger partial charge in [-0.2, -0.15) is 5.26 Å². The molecule has 2 aromatic heterocycles. The van der Waals surface area contributed by atoms with Crippen molar-refractivity contribution in [2.45, 2.75) is 13.8 Å². The minimum Gasteiger partial charge on any atom is -0.360 e. The Morgan fingerprint density at radius 2 is 1.88 bits per heavy atom. The van der Waals surface area contributed by atoms with Gasteiger partial charge in [0.15, 0.2) is 5.82 Å². The van der Waals surface area contributed by atoms with E-state index in [2.05, 4.69) is 25.8 Å². The largest absolute Gasteiger partial charge is 0.360 e. The number of hydrogen-bond acceptors (Lipinski definition) is 7. The fraction of sp³-hybridized carbons (Fsp3) is 0.118. The molecule has 0 unspecified atom stereocenters. The quantitative estimate of drug-likeness (QED) is 0.753. The summed E-state index contributed by atoms with van der Waals surface area (Å²) < 4.78 is 4.98. The summed E-state index contributed by atoms with van der Waals surface area (Å²) in [7, 11) is 0. The Bertz CT molecular complexity index is 956. The van der Waals surface area contributed by atoms with Crippen molar-refractivity contribution in [1.29, 1.82) is 5.26 Å². The Morgan fingerprint density at radius 3 is 2.52 bits per heavy atom. The average Bonchev–Trinajstić information content (AvgIpc) is 3.00. The van der Waals surface area contributed by atoms with Crippen LogP contribution in [-0.2, 0) is 0 Å². The van der Waals surface area contributed by atoms with Crippen LogP contribution in [0.15, 0.2) is 40.9 Å². The van der Waals surface area contributed by atoms with Crippen LogP contribution in [0.1, 0.15) is 27.6 Å². The standard InChI is InChI=1S/C17H14N6O2/c1-10-7-16(23-25-10)22-15-8-14(19-11(2)20-15)17(24)21-13-5-3-12(9-18)4-6-13/h3-8H,1-2H3,(H,21,24)(H,19,20,22,23). The molecule has 8 heteroatoms. The van der Waals surface area contributed by atoms with Gasteiger partial charge in [-0.3, -0.25) is 4.79 Å². The van der Waals surface area contributed by atoms with Crippen LogP contribution in [0, 0.1) is 25.2 Å². The number of nitrogens with one attached hydrogen (secondary N) is 2. The second-order valence-corrected chi connectivity index (χ2v) is 5.28. The monoisotopic (exact) mass is 334 g/mol. The number of nitriles is 1. The predicted molar refractivity (Wildman–Crippen MR) is 90.4 cm³/mol. The Hall–Kier alpha value is -3.73. The fourth-order valence-electron chi connectivity index (χ4n) is 2.13. The molecule has 1 amide bonds. The lowest BCUT2D eigenvalue weighted by molar-refractivity contribution is 0.102. The van der Waals surface area contributed by atoms with Gasteiger partial charge in [0.05, 0.1) is 11.6 Å². The normalized spacial score (nSPS) is 10.1. The van der Waals surface area contributed by atoms with Crippen LogP contribution < -0.4 is 10.6 Å². The smallest absolute Gasteiger partial charge is 0.274 e. The maximum Gasteiger partial charge on any atom is 0.274 e. The molecule has 0 bridgehead atoms. The van der Waals surface area contributed by atoms with E-state index in [-0.39, 0.29) is 11.6 Å². The van der Waals surface area contributed by atoms with E-state index in [0.29, 0.717) is 34.5 Å². The molecule has 0 aliphatic rings. The second kappa shape index (κ2) is 6.80. The number of anilines is 3. The van der Waals surface area contributed by atoms with E-state index in [1.165, 1.54) is 6.07 Å². The van der Waals surface area contributed by atoms with Gasteiger partial charge in [0, 0.05) is 17.8 Å². The van der Waals surface area contributed by atoms with Gasteiger partial charge in [-0.15, -0.1) is 0 Å². The molecule has 3 aromatic rings. The van der Waals surface area contributed by atoms with E-state index >= 15 is 0 Å². The van der Waals surface area contributed by atoms with Crippen LogP contribution in [0.5, 0.6) is 0 Å². The van der Waals surface area contributed by atoms with Crippen molar-refractivity contribution in [3.8, 4) is 6.07 Å². The Kier molecular flexibility index (Phi) is 4.39. The third-order valence-electron chi connectivity index (χ3n) is 3.23. The van der Waals surface area contributed by atoms with Crippen molar-refractivity contribution >= 4 is 23.2 Å². The van der Waals surface area contributed by atoms with E-state index in [0.717, 1.165) is 0 Å². The molecular formula is C17H14N6O2. The predicted octanol–water partition coefficient (Wildman–Crippen LogP) is 2.95. The molecule has 0 radical (unpaired) electrons. The van der Waals surface area contributed by atoms with Crippen molar-refractivity contribution in [1.82, 2.24) is 15.1 Å². The Balaban J connectivity index is 1.78. The molecule has 0 aliphatic carbocycles. The lowest BCUT2D eigenvalue weighted by Gasteiger charge is -2.08. The van der Waals surface area contributed by atoms with Crippen molar-refractivity contribution in [2.75, 3.05) is 10.6 Å². The number of aryl methyl sites for hydroxylation is 2. The van der Waals surface area contributed by atoms with Gasteiger partial charge in [-0.25, -0.2) is 9.97 Å². The number of carbonyl (C=O) groups excluding carboxylic acids is 1. The van der Waals surface area contributed by atoms with E-state index in [9.17, 15) is 4.79 Å². The zero-order valence-corrected chi connectivity index (χ0v) is 13.6. The van der Waals surface area contributed by atoms with Gasteiger partial charge in [0.1, 0.15) is 23.1 Å². The van der Waals surface area contributed by atoms with Crippen molar-refractivity contribution in [3.05, 3.63) is 59.2 Å². The first-order valence-electron chi connectivity index (χ1n) is 7.41. The highest BCUT2D eigenvalue weighted by atomic mass is 16.5. The summed E-state index contributed by atoms with van der Waals surface area (Å²) in [6.07, 6.45) is 0. The molecule has 124 valence electrons. The molecule has 8 nitrogen and oxygen atoms in total. The van der Waals surface area contributed by atoms with E-state index in [1.54, 1.807) is 44.2 Å². The van der Waals surface area contributed by atoms with Crippen LogP contribution in [0.3, 0.4) is 0 Å².